The van der Waals surface area contributed by atoms with Gasteiger partial charge in [0.2, 0.25) is 5.91 Å². The highest BCUT2D eigenvalue weighted by Gasteiger charge is 2.46. The number of fused-ring (bicyclic) bond motifs is 1. The lowest BCUT2D eigenvalue weighted by Crippen LogP contribution is -2.55. The fourth-order valence-corrected chi connectivity index (χ4v) is 4.31. The summed E-state index contributed by atoms with van der Waals surface area (Å²) in [5.74, 6) is 0.945. The zero-order chi connectivity index (χ0) is 17.5. The molecule has 1 aliphatic rings. The van der Waals surface area contributed by atoms with Crippen molar-refractivity contribution in [3.8, 4) is 5.75 Å². The van der Waals surface area contributed by atoms with E-state index in [1.54, 1.807) is 14.0 Å². The van der Waals surface area contributed by atoms with Crippen molar-refractivity contribution >= 4 is 11.6 Å². The third kappa shape index (κ3) is 2.48. The largest absolute Gasteiger partial charge is 0.497 e. The molecule has 0 spiro atoms. The molecule has 0 bridgehead atoms. The van der Waals surface area contributed by atoms with Crippen molar-refractivity contribution in [2.75, 3.05) is 12.0 Å². The lowest BCUT2D eigenvalue weighted by molar-refractivity contribution is -0.117. The van der Waals surface area contributed by atoms with Crippen molar-refractivity contribution in [3.05, 3.63) is 59.7 Å². The van der Waals surface area contributed by atoms with Crippen LogP contribution in [0.15, 0.2) is 48.5 Å². The van der Waals surface area contributed by atoms with Crippen LogP contribution < -0.4 is 9.64 Å². The highest BCUT2D eigenvalue weighted by Crippen LogP contribution is 2.50. The van der Waals surface area contributed by atoms with Crippen molar-refractivity contribution in [1.29, 1.82) is 0 Å². The van der Waals surface area contributed by atoms with E-state index in [1.807, 2.05) is 23.1 Å². The lowest BCUT2D eigenvalue weighted by atomic mass is 9.65. The number of nitrogens with zero attached hydrogens (tertiary/aromatic N) is 1. The van der Waals surface area contributed by atoms with Gasteiger partial charge >= 0.3 is 0 Å². The van der Waals surface area contributed by atoms with E-state index < -0.39 is 0 Å². The van der Waals surface area contributed by atoms with E-state index in [0.29, 0.717) is 0 Å². The summed E-state index contributed by atoms with van der Waals surface area (Å²) in [7, 11) is 1.68. The second kappa shape index (κ2) is 5.66. The molecular formula is C21H25NO2. The van der Waals surface area contributed by atoms with Crippen LogP contribution in [-0.4, -0.2) is 18.6 Å². The van der Waals surface area contributed by atoms with Crippen LogP contribution in [0.3, 0.4) is 0 Å². The highest BCUT2D eigenvalue weighted by atomic mass is 16.5. The number of para-hydroxylation sites is 1. The smallest absolute Gasteiger partial charge is 0.224 e. The normalized spacial score (nSPS) is 22.0. The molecule has 0 N–H and O–H groups in total. The summed E-state index contributed by atoms with van der Waals surface area (Å²) in [4.78, 5) is 14.3. The number of amides is 1. The van der Waals surface area contributed by atoms with E-state index >= 15 is 0 Å². The van der Waals surface area contributed by atoms with Gasteiger partial charge in [-0.3, -0.25) is 4.79 Å². The number of rotatable bonds is 2. The summed E-state index contributed by atoms with van der Waals surface area (Å²) < 4.78 is 5.30. The van der Waals surface area contributed by atoms with Crippen molar-refractivity contribution < 1.29 is 9.53 Å². The zero-order valence-corrected chi connectivity index (χ0v) is 15.1. The molecule has 1 aliphatic heterocycles. The minimum atomic E-state index is -0.255. The van der Waals surface area contributed by atoms with Gasteiger partial charge in [-0.15, -0.1) is 0 Å². The highest BCUT2D eigenvalue weighted by molar-refractivity contribution is 5.95. The van der Waals surface area contributed by atoms with Gasteiger partial charge in [-0.25, -0.2) is 0 Å². The molecule has 3 nitrogen and oxygen atoms in total. The van der Waals surface area contributed by atoms with E-state index in [0.717, 1.165) is 17.9 Å². The van der Waals surface area contributed by atoms with Crippen LogP contribution in [0.2, 0.25) is 0 Å². The Balaban J connectivity index is 2.20. The van der Waals surface area contributed by atoms with Crippen LogP contribution in [0, 0.1) is 0 Å². The van der Waals surface area contributed by atoms with Gasteiger partial charge in [0.15, 0.2) is 0 Å². The van der Waals surface area contributed by atoms with Crippen molar-refractivity contribution in [3.63, 3.8) is 0 Å². The van der Waals surface area contributed by atoms with Gasteiger partial charge in [0.25, 0.3) is 0 Å². The van der Waals surface area contributed by atoms with Crippen molar-refractivity contribution in [2.24, 2.45) is 0 Å². The Morgan fingerprint density at radius 1 is 1.04 bits per heavy atom. The fraction of sp³-hybridized carbons (Fsp3) is 0.381. The number of benzene rings is 2. The molecule has 0 radical (unpaired) electrons. The van der Waals surface area contributed by atoms with Crippen LogP contribution in [0.1, 0.15) is 45.2 Å². The second-order valence-electron chi connectivity index (χ2n) is 7.42. The van der Waals surface area contributed by atoms with Crippen LogP contribution in [-0.2, 0) is 10.2 Å². The molecule has 0 aromatic heterocycles. The number of anilines is 1. The van der Waals surface area contributed by atoms with Crippen LogP contribution in [0.4, 0.5) is 5.69 Å². The molecule has 1 heterocycles. The zero-order valence-electron chi connectivity index (χ0n) is 15.1. The van der Waals surface area contributed by atoms with Gasteiger partial charge in [0.05, 0.1) is 7.11 Å². The minimum absolute atomic E-state index is 0.0873. The Hall–Kier alpha value is -2.29. The lowest BCUT2D eigenvalue weighted by Gasteiger charge is -2.51. The molecule has 0 unspecified atom stereocenters. The standard InChI is InChI=1S/C21H25NO2/c1-15(23)22-19-9-7-6-8-18(19)21(4,14-20(22,2)3)16-10-12-17(24-5)13-11-16/h6-13H,14H2,1-5H3/t21-/m1/s1. The molecule has 2 aromatic carbocycles. The topological polar surface area (TPSA) is 29.5 Å². The average Bonchev–Trinajstić information content (AvgIpc) is 2.53. The quantitative estimate of drug-likeness (QED) is 0.812. The number of carbonyl (C=O) groups excluding carboxylic acids is 1. The second-order valence-corrected chi connectivity index (χ2v) is 7.42. The summed E-state index contributed by atoms with van der Waals surface area (Å²) in [5.41, 5.74) is 3.05. The van der Waals surface area contributed by atoms with Crippen LogP contribution >= 0.6 is 0 Å². The molecular weight excluding hydrogens is 298 g/mol. The van der Waals surface area contributed by atoms with E-state index in [1.165, 1.54) is 11.1 Å². The first-order valence-electron chi connectivity index (χ1n) is 8.34. The monoisotopic (exact) mass is 323 g/mol. The van der Waals surface area contributed by atoms with Crippen LogP contribution in [0.5, 0.6) is 5.75 Å². The maximum atomic E-state index is 12.3. The van der Waals surface area contributed by atoms with Crippen molar-refractivity contribution in [1.82, 2.24) is 0 Å². The predicted molar refractivity (Wildman–Crippen MR) is 97.7 cm³/mol. The number of ether oxygens (including phenoxy) is 1. The molecule has 1 atom stereocenters. The molecule has 126 valence electrons. The maximum absolute atomic E-state index is 12.3. The van der Waals surface area contributed by atoms with E-state index in [2.05, 4.69) is 51.1 Å². The molecule has 2 aromatic rings. The van der Waals surface area contributed by atoms with E-state index in [-0.39, 0.29) is 16.9 Å². The Morgan fingerprint density at radius 2 is 1.67 bits per heavy atom. The summed E-state index contributed by atoms with van der Waals surface area (Å²) in [6.07, 6.45) is 0.864. The Kier molecular flexibility index (Phi) is 3.90. The first-order valence-corrected chi connectivity index (χ1v) is 8.34. The Labute approximate surface area is 144 Å². The SMILES string of the molecule is COc1ccc([C@@]2(C)CC(C)(C)N(C(C)=O)c3ccccc32)cc1. The third-order valence-electron chi connectivity index (χ3n) is 5.17. The fourth-order valence-electron chi connectivity index (χ4n) is 4.31. The van der Waals surface area contributed by atoms with Gasteiger partial charge in [-0.1, -0.05) is 37.3 Å². The molecule has 24 heavy (non-hydrogen) atoms. The summed E-state index contributed by atoms with van der Waals surface area (Å²) in [6, 6.07) is 16.5. The molecule has 3 heteroatoms. The van der Waals surface area contributed by atoms with Gasteiger partial charge in [0.1, 0.15) is 5.75 Å². The average molecular weight is 323 g/mol. The van der Waals surface area contributed by atoms with E-state index in [4.69, 9.17) is 4.74 Å². The summed E-state index contributed by atoms with van der Waals surface area (Å²) in [5, 5.41) is 0. The van der Waals surface area contributed by atoms with Gasteiger partial charge in [0, 0.05) is 23.6 Å². The first kappa shape index (κ1) is 16.6. The summed E-state index contributed by atoms with van der Waals surface area (Å²) >= 11 is 0. The Morgan fingerprint density at radius 3 is 2.25 bits per heavy atom. The number of hydrogen-bond acceptors (Lipinski definition) is 2. The molecule has 3 rings (SSSR count). The van der Waals surface area contributed by atoms with Crippen molar-refractivity contribution in [2.45, 2.75) is 45.1 Å². The van der Waals surface area contributed by atoms with Gasteiger partial charge in [-0.2, -0.15) is 0 Å². The molecule has 0 aliphatic carbocycles. The molecule has 1 amide bonds. The Bertz CT molecular complexity index is 764. The van der Waals surface area contributed by atoms with Crippen LogP contribution in [0.25, 0.3) is 0 Å². The molecule has 0 fully saturated rings. The minimum Gasteiger partial charge on any atom is -0.497 e. The van der Waals surface area contributed by atoms with Gasteiger partial charge < -0.3 is 9.64 Å². The molecule has 0 saturated heterocycles. The van der Waals surface area contributed by atoms with Gasteiger partial charge in [-0.05, 0) is 49.6 Å². The first-order chi connectivity index (χ1) is 11.3. The molecule has 0 saturated carbocycles. The predicted octanol–water partition coefficient (Wildman–Crippen LogP) is 4.54. The summed E-state index contributed by atoms with van der Waals surface area (Å²) in [6.45, 7) is 8.21. The third-order valence-corrected chi connectivity index (χ3v) is 5.17. The number of hydrogen-bond donors (Lipinski definition) is 0. The number of methoxy groups -OCH3 is 1. The maximum Gasteiger partial charge on any atom is 0.224 e. The van der Waals surface area contributed by atoms with E-state index in [9.17, 15) is 4.79 Å². The number of carbonyl (C=O) groups is 1.